The molecule has 0 saturated carbocycles. The average molecular weight is 703 g/mol. The molecule has 0 radical (unpaired) electrons. The summed E-state index contributed by atoms with van der Waals surface area (Å²) in [6.45, 7) is 0. The van der Waals surface area contributed by atoms with Crippen LogP contribution in [-0.2, 0) is 6.42 Å². The Morgan fingerprint density at radius 3 is 0.755 bits per heavy atom. The van der Waals surface area contributed by atoms with Crippen LogP contribution in [0, 0.1) is 0 Å². The molecule has 6 aromatic carbocycles. The summed E-state index contributed by atoms with van der Waals surface area (Å²) < 4.78 is 0. The van der Waals surface area contributed by atoms with Crippen molar-refractivity contribution in [2.75, 3.05) is 86.6 Å². The van der Waals surface area contributed by atoms with E-state index in [4.69, 9.17) is 0 Å². The zero-order valence-corrected chi connectivity index (χ0v) is 32.5. The fourth-order valence-corrected chi connectivity index (χ4v) is 6.58. The molecule has 0 fully saturated rings. The average Bonchev–Trinajstić information content (AvgIpc) is 3.17. The predicted octanol–water partition coefficient (Wildman–Crippen LogP) is 9.94. The van der Waals surface area contributed by atoms with E-state index in [0.29, 0.717) is 0 Å². The Balaban J connectivity index is 1.16. The van der Waals surface area contributed by atoms with Crippen molar-refractivity contribution in [1.82, 2.24) is 0 Å². The summed E-state index contributed by atoms with van der Waals surface area (Å²) in [4.78, 5) is 8.53. The van der Waals surface area contributed by atoms with Crippen LogP contribution in [-0.4, -0.2) is 56.4 Å². The Hall–Kier alpha value is -5.88. The molecule has 0 aliphatic heterocycles. The van der Waals surface area contributed by atoms with Gasteiger partial charge < -0.3 is 30.2 Å². The topological polar surface area (TPSA) is 37.0 Å². The standard InChI is InChI=1S/C47H54N6/c1-50(2)42-25-13-36(14-26-42)46(37-15-27-43(28-16-37)51(3)4)48-40-21-9-34(10-22-40)33-35-11-23-41(24-12-35)49-47(38-17-29-44(30-18-38)52(5)6)39-19-31-45(32-20-39)53(7)8/h9-32,46-49H,33H2,1-8H3. The van der Waals surface area contributed by atoms with E-state index >= 15 is 0 Å². The lowest BCUT2D eigenvalue weighted by molar-refractivity contribution is 0.935. The minimum absolute atomic E-state index is 0.0222. The van der Waals surface area contributed by atoms with E-state index in [1.54, 1.807) is 0 Å². The molecule has 0 unspecified atom stereocenters. The normalized spacial score (nSPS) is 11.1. The van der Waals surface area contributed by atoms with Gasteiger partial charge in [0.15, 0.2) is 0 Å². The molecule has 6 nitrogen and oxygen atoms in total. The van der Waals surface area contributed by atoms with Crippen molar-refractivity contribution >= 4 is 34.1 Å². The van der Waals surface area contributed by atoms with Gasteiger partial charge in [-0.3, -0.25) is 0 Å². The summed E-state index contributed by atoms with van der Waals surface area (Å²) in [6, 6.07) is 53.1. The van der Waals surface area contributed by atoms with Crippen molar-refractivity contribution in [2.45, 2.75) is 18.5 Å². The Morgan fingerprint density at radius 2 is 0.547 bits per heavy atom. The molecule has 0 bridgehead atoms. The summed E-state index contributed by atoms with van der Waals surface area (Å²) in [5.41, 5.74) is 14.4. The van der Waals surface area contributed by atoms with Crippen LogP contribution in [0.4, 0.5) is 34.1 Å². The third-order valence-electron chi connectivity index (χ3n) is 9.91. The number of hydrogen-bond donors (Lipinski definition) is 2. The predicted molar refractivity (Wildman–Crippen MR) is 230 cm³/mol. The van der Waals surface area contributed by atoms with Crippen LogP contribution >= 0.6 is 0 Å². The molecular weight excluding hydrogens is 649 g/mol. The van der Waals surface area contributed by atoms with Crippen LogP contribution in [0.3, 0.4) is 0 Å². The maximum absolute atomic E-state index is 3.83. The smallest absolute Gasteiger partial charge is 0.0767 e. The minimum Gasteiger partial charge on any atom is -0.378 e. The first-order valence-electron chi connectivity index (χ1n) is 18.3. The molecule has 0 spiro atoms. The molecule has 6 aromatic rings. The molecule has 0 aliphatic rings. The molecule has 2 N–H and O–H groups in total. The maximum atomic E-state index is 3.83. The second kappa shape index (κ2) is 16.6. The Labute approximate surface area is 317 Å². The molecule has 0 heterocycles. The summed E-state index contributed by atoms with van der Waals surface area (Å²) >= 11 is 0. The van der Waals surface area contributed by atoms with Crippen molar-refractivity contribution in [3.63, 3.8) is 0 Å². The van der Waals surface area contributed by atoms with Crippen molar-refractivity contribution in [3.8, 4) is 0 Å². The quantitative estimate of drug-likeness (QED) is 0.118. The highest BCUT2D eigenvalue weighted by Crippen LogP contribution is 2.32. The van der Waals surface area contributed by atoms with Gasteiger partial charge in [-0.1, -0.05) is 72.8 Å². The van der Waals surface area contributed by atoms with E-state index in [1.165, 1.54) is 56.1 Å². The highest BCUT2D eigenvalue weighted by Gasteiger charge is 2.17. The number of nitrogens with one attached hydrogen (secondary N) is 2. The molecule has 53 heavy (non-hydrogen) atoms. The highest BCUT2D eigenvalue weighted by molar-refractivity contribution is 5.57. The molecule has 0 aliphatic carbocycles. The van der Waals surface area contributed by atoms with Gasteiger partial charge in [0, 0.05) is 90.5 Å². The van der Waals surface area contributed by atoms with Gasteiger partial charge >= 0.3 is 0 Å². The number of rotatable bonds is 14. The van der Waals surface area contributed by atoms with E-state index in [1.807, 2.05) is 0 Å². The lowest BCUT2D eigenvalue weighted by Crippen LogP contribution is -2.14. The molecule has 6 heteroatoms. The first-order chi connectivity index (χ1) is 25.5. The van der Waals surface area contributed by atoms with Crippen LogP contribution in [0.15, 0.2) is 146 Å². The second-order valence-corrected chi connectivity index (χ2v) is 14.7. The van der Waals surface area contributed by atoms with Crippen molar-refractivity contribution < 1.29 is 0 Å². The zero-order chi connectivity index (χ0) is 37.5. The van der Waals surface area contributed by atoms with Gasteiger partial charge in [0.1, 0.15) is 0 Å². The van der Waals surface area contributed by atoms with E-state index in [9.17, 15) is 0 Å². The second-order valence-electron chi connectivity index (χ2n) is 14.7. The fraction of sp³-hybridized carbons (Fsp3) is 0.234. The summed E-state index contributed by atoms with van der Waals surface area (Å²) in [5, 5.41) is 7.66. The molecule has 0 amide bonds. The maximum Gasteiger partial charge on any atom is 0.0767 e. The molecule has 0 saturated heterocycles. The monoisotopic (exact) mass is 702 g/mol. The van der Waals surface area contributed by atoms with Gasteiger partial charge in [-0.25, -0.2) is 0 Å². The molecular formula is C47H54N6. The van der Waals surface area contributed by atoms with E-state index in [2.05, 4.69) is 232 Å². The summed E-state index contributed by atoms with van der Waals surface area (Å²) in [7, 11) is 16.6. The van der Waals surface area contributed by atoms with Crippen LogP contribution < -0.4 is 30.2 Å². The van der Waals surface area contributed by atoms with Gasteiger partial charge in [0.05, 0.1) is 12.1 Å². The van der Waals surface area contributed by atoms with Gasteiger partial charge in [-0.2, -0.15) is 0 Å². The number of benzene rings is 6. The Bertz CT molecular complexity index is 1760. The van der Waals surface area contributed by atoms with E-state index in [-0.39, 0.29) is 12.1 Å². The third-order valence-corrected chi connectivity index (χ3v) is 9.91. The van der Waals surface area contributed by atoms with Crippen molar-refractivity contribution in [2.24, 2.45) is 0 Å². The lowest BCUT2D eigenvalue weighted by Gasteiger charge is -2.23. The number of hydrogen-bond acceptors (Lipinski definition) is 6. The molecule has 272 valence electrons. The third kappa shape index (κ3) is 9.32. The first kappa shape index (κ1) is 36.9. The van der Waals surface area contributed by atoms with Crippen LogP contribution in [0.1, 0.15) is 45.5 Å². The Kier molecular flexibility index (Phi) is 11.6. The molecule has 0 aromatic heterocycles. The lowest BCUT2D eigenvalue weighted by atomic mass is 9.97. The van der Waals surface area contributed by atoms with Crippen LogP contribution in [0.5, 0.6) is 0 Å². The van der Waals surface area contributed by atoms with Crippen LogP contribution in [0.25, 0.3) is 0 Å². The number of anilines is 6. The number of nitrogens with zero attached hydrogens (tertiary/aromatic N) is 4. The van der Waals surface area contributed by atoms with Gasteiger partial charge in [-0.15, -0.1) is 0 Å². The van der Waals surface area contributed by atoms with Crippen molar-refractivity contribution in [1.29, 1.82) is 0 Å². The van der Waals surface area contributed by atoms with E-state index < -0.39 is 0 Å². The van der Waals surface area contributed by atoms with Gasteiger partial charge in [-0.05, 0) is 113 Å². The van der Waals surface area contributed by atoms with E-state index in [0.717, 1.165) is 17.8 Å². The highest BCUT2D eigenvalue weighted by atomic mass is 15.1. The molecule has 0 atom stereocenters. The Morgan fingerprint density at radius 1 is 0.321 bits per heavy atom. The largest absolute Gasteiger partial charge is 0.378 e. The fourth-order valence-electron chi connectivity index (χ4n) is 6.58. The SMILES string of the molecule is CN(C)c1ccc(C(Nc2ccc(Cc3ccc(NC(c4ccc(N(C)C)cc4)c4ccc(N(C)C)cc4)cc3)cc2)c2ccc(N(C)C)cc2)cc1. The summed E-state index contributed by atoms with van der Waals surface area (Å²) in [6.07, 6.45) is 0.864. The van der Waals surface area contributed by atoms with Gasteiger partial charge in [0.25, 0.3) is 0 Å². The van der Waals surface area contributed by atoms with Crippen molar-refractivity contribution in [3.05, 3.63) is 179 Å². The van der Waals surface area contributed by atoms with Crippen LogP contribution in [0.2, 0.25) is 0 Å². The zero-order valence-electron chi connectivity index (χ0n) is 32.5. The molecule has 6 rings (SSSR count). The summed E-state index contributed by atoms with van der Waals surface area (Å²) in [5.74, 6) is 0. The first-order valence-corrected chi connectivity index (χ1v) is 18.3. The van der Waals surface area contributed by atoms with Gasteiger partial charge in [0.2, 0.25) is 0 Å². The minimum atomic E-state index is 0.0222.